The molecule has 3 N–H and O–H groups in total. The Hall–Kier alpha value is -2.41. The molecule has 0 saturated carbocycles. The molecule has 7 heteroatoms. The molecule has 0 fully saturated rings. The van der Waals surface area contributed by atoms with Crippen molar-refractivity contribution in [3.05, 3.63) is 42.2 Å². The van der Waals surface area contributed by atoms with E-state index in [9.17, 15) is 0 Å². The van der Waals surface area contributed by atoms with E-state index in [1.54, 1.807) is 24.0 Å². The molecule has 0 aliphatic carbocycles. The van der Waals surface area contributed by atoms with Gasteiger partial charge >= 0.3 is 0 Å². The minimum atomic E-state index is -0.00844. The number of hydrogen-bond donors (Lipinski definition) is 2. The fraction of sp³-hybridized carbons (Fsp3) is 0.143. The SMILES string of the molecule is N/C(=N/O)c1ccc(Sc2ccc3c(c2)OCCO3)cn1. The normalized spacial score (nSPS) is 14.0. The Morgan fingerprint density at radius 3 is 2.62 bits per heavy atom. The van der Waals surface area contributed by atoms with E-state index < -0.39 is 0 Å². The Labute approximate surface area is 125 Å². The lowest BCUT2D eigenvalue weighted by Gasteiger charge is -2.18. The van der Waals surface area contributed by atoms with Crippen LogP contribution in [0.15, 0.2) is 51.5 Å². The number of nitrogens with zero attached hydrogens (tertiary/aromatic N) is 2. The Morgan fingerprint density at radius 2 is 1.90 bits per heavy atom. The van der Waals surface area contributed by atoms with Crippen LogP contribution in [0, 0.1) is 0 Å². The van der Waals surface area contributed by atoms with Crippen LogP contribution in [0.2, 0.25) is 0 Å². The monoisotopic (exact) mass is 303 g/mol. The van der Waals surface area contributed by atoms with Crippen molar-refractivity contribution >= 4 is 17.6 Å². The Morgan fingerprint density at radius 1 is 1.14 bits per heavy atom. The Bertz CT molecular complexity index is 674. The highest BCUT2D eigenvalue weighted by atomic mass is 32.2. The Kier molecular flexibility index (Phi) is 3.83. The molecule has 1 aromatic carbocycles. The topological polar surface area (TPSA) is 90.0 Å². The first-order chi connectivity index (χ1) is 10.3. The summed E-state index contributed by atoms with van der Waals surface area (Å²) in [5.41, 5.74) is 5.91. The summed E-state index contributed by atoms with van der Waals surface area (Å²) in [6, 6.07) is 9.37. The van der Waals surface area contributed by atoms with Crippen LogP contribution in [0.3, 0.4) is 0 Å². The maximum Gasteiger partial charge on any atom is 0.188 e. The van der Waals surface area contributed by atoms with Gasteiger partial charge in [0.2, 0.25) is 0 Å². The number of oxime groups is 1. The van der Waals surface area contributed by atoms with Crippen molar-refractivity contribution in [1.82, 2.24) is 4.98 Å². The summed E-state index contributed by atoms with van der Waals surface area (Å²) in [5, 5.41) is 11.5. The summed E-state index contributed by atoms with van der Waals surface area (Å²) < 4.78 is 11.0. The zero-order valence-corrected chi connectivity index (χ0v) is 11.8. The van der Waals surface area contributed by atoms with Gasteiger partial charge in [-0.3, -0.25) is 4.98 Å². The lowest BCUT2D eigenvalue weighted by molar-refractivity contribution is 0.171. The summed E-state index contributed by atoms with van der Waals surface area (Å²) in [6.45, 7) is 1.15. The van der Waals surface area contributed by atoms with Crippen molar-refractivity contribution in [3.63, 3.8) is 0 Å². The molecule has 1 aliphatic rings. The summed E-state index contributed by atoms with van der Waals surface area (Å²) in [5.74, 6) is 1.52. The minimum absolute atomic E-state index is 0.00844. The van der Waals surface area contributed by atoms with E-state index in [1.807, 2.05) is 24.3 Å². The molecule has 108 valence electrons. The van der Waals surface area contributed by atoms with Gasteiger partial charge in [-0.05, 0) is 30.3 Å². The van der Waals surface area contributed by atoms with Gasteiger partial charge in [0.05, 0.1) is 0 Å². The molecule has 0 atom stereocenters. The van der Waals surface area contributed by atoms with Crippen molar-refractivity contribution in [1.29, 1.82) is 0 Å². The molecule has 2 heterocycles. The number of benzene rings is 1. The number of rotatable bonds is 3. The molecule has 1 aromatic heterocycles. The van der Waals surface area contributed by atoms with E-state index in [4.69, 9.17) is 20.4 Å². The second-order valence-electron chi connectivity index (χ2n) is 4.27. The standard InChI is InChI=1S/C14H13N3O3S/c15-14(17-18)11-3-1-10(8-16-11)21-9-2-4-12-13(7-9)20-6-5-19-12/h1-4,7-8,18H,5-6H2,(H2,15,17). The fourth-order valence-corrected chi connectivity index (χ4v) is 2.68. The molecule has 1 aliphatic heterocycles. The third-order valence-corrected chi connectivity index (χ3v) is 3.82. The summed E-state index contributed by atoms with van der Waals surface area (Å²) in [6.07, 6.45) is 1.68. The minimum Gasteiger partial charge on any atom is -0.486 e. The van der Waals surface area contributed by atoms with Crippen LogP contribution in [-0.4, -0.2) is 29.2 Å². The average molecular weight is 303 g/mol. The maximum absolute atomic E-state index is 8.60. The zero-order chi connectivity index (χ0) is 14.7. The Balaban J connectivity index is 1.77. The lowest BCUT2D eigenvalue weighted by atomic mass is 10.3. The second kappa shape index (κ2) is 5.92. The van der Waals surface area contributed by atoms with Crippen molar-refractivity contribution in [2.75, 3.05) is 13.2 Å². The van der Waals surface area contributed by atoms with Crippen molar-refractivity contribution < 1.29 is 14.7 Å². The second-order valence-corrected chi connectivity index (χ2v) is 5.42. The lowest BCUT2D eigenvalue weighted by Crippen LogP contribution is -2.15. The predicted octanol–water partition coefficient (Wildman–Crippen LogP) is 2.10. The van der Waals surface area contributed by atoms with Crippen LogP contribution in [0.4, 0.5) is 0 Å². The van der Waals surface area contributed by atoms with Crippen molar-refractivity contribution in [2.45, 2.75) is 9.79 Å². The van der Waals surface area contributed by atoms with E-state index in [1.165, 1.54) is 0 Å². The van der Waals surface area contributed by atoms with Gasteiger partial charge in [0.25, 0.3) is 0 Å². The zero-order valence-electron chi connectivity index (χ0n) is 11.0. The summed E-state index contributed by atoms with van der Waals surface area (Å²) >= 11 is 1.55. The number of nitrogens with two attached hydrogens (primary N) is 1. The predicted molar refractivity (Wildman–Crippen MR) is 78.3 cm³/mol. The number of aromatic nitrogens is 1. The molecule has 0 spiro atoms. The molecule has 0 saturated heterocycles. The first kappa shape index (κ1) is 13.6. The smallest absolute Gasteiger partial charge is 0.188 e. The quantitative estimate of drug-likeness (QED) is 0.390. The first-order valence-electron chi connectivity index (χ1n) is 6.28. The highest BCUT2D eigenvalue weighted by Gasteiger charge is 2.12. The fourth-order valence-electron chi connectivity index (χ4n) is 1.87. The van der Waals surface area contributed by atoms with Crippen molar-refractivity contribution in [3.8, 4) is 11.5 Å². The molecule has 0 radical (unpaired) electrons. The number of fused-ring (bicyclic) bond motifs is 1. The van der Waals surface area contributed by atoms with E-state index in [0.717, 1.165) is 21.3 Å². The van der Waals surface area contributed by atoms with Gasteiger partial charge in [0.1, 0.15) is 18.9 Å². The number of amidine groups is 1. The molecular formula is C14H13N3O3S. The third-order valence-electron chi connectivity index (χ3n) is 2.86. The van der Waals surface area contributed by atoms with Crippen LogP contribution < -0.4 is 15.2 Å². The highest BCUT2D eigenvalue weighted by molar-refractivity contribution is 7.99. The molecule has 0 bridgehead atoms. The van der Waals surface area contributed by atoms with E-state index in [-0.39, 0.29) is 5.84 Å². The van der Waals surface area contributed by atoms with Gasteiger partial charge in [-0.25, -0.2) is 0 Å². The average Bonchev–Trinajstić information content (AvgIpc) is 2.55. The van der Waals surface area contributed by atoms with Gasteiger partial charge in [-0.1, -0.05) is 16.9 Å². The van der Waals surface area contributed by atoms with E-state index in [2.05, 4.69) is 10.1 Å². The molecule has 3 rings (SSSR count). The van der Waals surface area contributed by atoms with Crippen molar-refractivity contribution in [2.24, 2.45) is 10.9 Å². The van der Waals surface area contributed by atoms with Gasteiger partial charge in [-0.15, -0.1) is 0 Å². The van der Waals surface area contributed by atoms with Crippen LogP contribution in [-0.2, 0) is 0 Å². The van der Waals surface area contributed by atoms with Crippen LogP contribution in [0.25, 0.3) is 0 Å². The number of ether oxygens (including phenoxy) is 2. The molecule has 0 unspecified atom stereocenters. The number of pyridine rings is 1. The number of hydrogen-bond acceptors (Lipinski definition) is 6. The van der Waals surface area contributed by atoms with E-state index >= 15 is 0 Å². The summed E-state index contributed by atoms with van der Waals surface area (Å²) in [4.78, 5) is 6.11. The molecule has 21 heavy (non-hydrogen) atoms. The maximum atomic E-state index is 8.60. The molecule has 6 nitrogen and oxygen atoms in total. The van der Waals surface area contributed by atoms with Crippen LogP contribution in [0.1, 0.15) is 5.69 Å². The summed E-state index contributed by atoms with van der Waals surface area (Å²) in [7, 11) is 0. The third kappa shape index (κ3) is 3.03. The van der Waals surface area contributed by atoms with Crippen LogP contribution >= 0.6 is 11.8 Å². The highest BCUT2D eigenvalue weighted by Crippen LogP contribution is 2.36. The van der Waals surface area contributed by atoms with Gasteiger partial charge in [0, 0.05) is 16.0 Å². The van der Waals surface area contributed by atoms with Gasteiger partial charge in [-0.2, -0.15) is 0 Å². The van der Waals surface area contributed by atoms with Crippen LogP contribution in [0.5, 0.6) is 11.5 Å². The first-order valence-corrected chi connectivity index (χ1v) is 7.09. The largest absolute Gasteiger partial charge is 0.486 e. The van der Waals surface area contributed by atoms with Gasteiger partial charge in [0.15, 0.2) is 17.3 Å². The molecule has 0 amide bonds. The molecule has 2 aromatic rings. The van der Waals surface area contributed by atoms with E-state index in [0.29, 0.717) is 18.9 Å². The van der Waals surface area contributed by atoms with Gasteiger partial charge < -0.3 is 20.4 Å². The molecular weight excluding hydrogens is 290 g/mol.